The van der Waals surface area contributed by atoms with Gasteiger partial charge >= 0.3 is 0 Å². The maximum absolute atomic E-state index is 12.8. The smallest absolute Gasteiger partial charge is 0.246 e. The van der Waals surface area contributed by atoms with Gasteiger partial charge in [-0.15, -0.1) is 0 Å². The molecule has 0 spiro atoms. The normalized spacial score (nSPS) is 17.8. The van der Waals surface area contributed by atoms with E-state index in [9.17, 15) is 14.4 Å². The molecule has 1 aliphatic heterocycles. The zero-order valence-electron chi connectivity index (χ0n) is 17.7. The minimum atomic E-state index is -0.341. The molecule has 1 amide bonds. The first-order valence-corrected chi connectivity index (χ1v) is 10.1. The quantitative estimate of drug-likeness (QED) is 0.533. The fourth-order valence-corrected chi connectivity index (χ4v) is 3.80. The number of methoxy groups -OCH3 is 2. The van der Waals surface area contributed by atoms with E-state index in [-0.39, 0.29) is 29.0 Å². The molecule has 0 aromatic heterocycles. The van der Waals surface area contributed by atoms with Crippen molar-refractivity contribution < 1.29 is 23.9 Å². The maximum atomic E-state index is 12.8. The number of hydrogen-bond acceptors (Lipinski definition) is 5. The molecule has 1 aliphatic carbocycles. The van der Waals surface area contributed by atoms with Gasteiger partial charge < -0.3 is 14.4 Å². The van der Waals surface area contributed by atoms with E-state index < -0.39 is 0 Å². The van der Waals surface area contributed by atoms with Gasteiger partial charge in [0.2, 0.25) is 29.0 Å². The number of nitrogens with zero attached hydrogens (tertiary/aromatic N) is 1. The molecule has 1 heterocycles. The Labute approximate surface area is 176 Å². The third-order valence-corrected chi connectivity index (χ3v) is 5.51. The summed E-state index contributed by atoms with van der Waals surface area (Å²) in [5.41, 5.74) is 2.49. The molecule has 2 aliphatic rings. The number of carbonyl (C=O) groups excluding carboxylic acids is 3. The minimum Gasteiger partial charge on any atom is -0.489 e. The first kappa shape index (κ1) is 21.6. The Hall–Kier alpha value is -3.15. The second-order valence-corrected chi connectivity index (χ2v) is 7.47. The van der Waals surface area contributed by atoms with Crippen LogP contribution in [0, 0.1) is 0 Å². The van der Waals surface area contributed by atoms with Crippen LogP contribution in [0.4, 0.5) is 0 Å². The average molecular weight is 409 g/mol. The summed E-state index contributed by atoms with van der Waals surface area (Å²) >= 11 is 0. The van der Waals surface area contributed by atoms with E-state index in [0.717, 1.165) is 37.1 Å². The summed E-state index contributed by atoms with van der Waals surface area (Å²) in [4.78, 5) is 39.6. The molecule has 0 radical (unpaired) electrons. The van der Waals surface area contributed by atoms with Gasteiger partial charge in [-0.1, -0.05) is 24.3 Å². The Balaban J connectivity index is 1.77. The Morgan fingerprint density at radius 3 is 2.37 bits per heavy atom. The lowest BCUT2D eigenvalue weighted by atomic mass is 9.88. The van der Waals surface area contributed by atoms with E-state index in [0.29, 0.717) is 17.6 Å². The molecular weight excluding hydrogens is 382 g/mol. The summed E-state index contributed by atoms with van der Waals surface area (Å²) in [5.74, 6) is -0.781. The molecule has 1 fully saturated rings. The molecule has 1 aromatic carbocycles. The van der Waals surface area contributed by atoms with Crippen molar-refractivity contribution in [1.82, 2.24) is 4.90 Å². The molecule has 6 nitrogen and oxygen atoms in total. The predicted molar refractivity (Wildman–Crippen MR) is 113 cm³/mol. The van der Waals surface area contributed by atoms with Crippen LogP contribution in [-0.2, 0) is 30.3 Å². The fourth-order valence-electron chi connectivity index (χ4n) is 3.80. The topological polar surface area (TPSA) is 72.9 Å². The highest BCUT2D eigenvalue weighted by Crippen LogP contribution is 2.28. The summed E-state index contributed by atoms with van der Waals surface area (Å²) in [6.07, 6.45) is 6.97. The van der Waals surface area contributed by atoms with Gasteiger partial charge in [-0.05, 0) is 43.4 Å². The van der Waals surface area contributed by atoms with Crippen LogP contribution in [-0.4, -0.2) is 49.7 Å². The zero-order chi connectivity index (χ0) is 21.7. The first-order valence-electron chi connectivity index (χ1n) is 10.1. The van der Waals surface area contributed by atoms with Gasteiger partial charge in [-0.3, -0.25) is 14.4 Å². The van der Waals surface area contributed by atoms with Crippen LogP contribution in [0.25, 0.3) is 6.08 Å². The van der Waals surface area contributed by atoms with E-state index in [1.165, 1.54) is 20.6 Å². The van der Waals surface area contributed by atoms with Crippen molar-refractivity contribution in [2.24, 2.45) is 0 Å². The number of likely N-dealkylation sites (tertiary alicyclic amines) is 1. The molecule has 158 valence electrons. The van der Waals surface area contributed by atoms with Gasteiger partial charge in [0.25, 0.3) is 0 Å². The van der Waals surface area contributed by atoms with Gasteiger partial charge in [-0.2, -0.15) is 0 Å². The monoisotopic (exact) mass is 409 g/mol. The molecule has 0 N–H and O–H groups in total. The van der Waals surface area contributed by atoms with E-state index in [2.05, 4.69) is 0 Å². The Morgan fingerprint density at radius 1 is 1.03 bits per heavy atom. The van der Waals surface area contributed by atoms with Crippen molar-refractivity contribution in [3.63, 3.8) is 0 Å². The largest absolute Gasteiger partial charge is 0.489 e. The lowest BCUT2D eigenvalue weighted by molar-refractivity contribution is -0.126. The lowest BCUT2D eigenvalue weighted by Gasteiger charge is -2.25. The van der Waals surface area contributed by atoms with E-state index in [4.69, 9.17) is 9.47 Å². The SMILES string of the molecule is COC1=C(OC)C(=O)C(Cc2cccc(/C=C/C(=O)N3CCCCC3)c2)=C(C)C1=O. The van der Waals surface area contributed by atoms with Gasteiger partial charge in [0, 0.05) is 36.7 Å². The molecule has 0 saturated carbocycles. The van der Waals surface area contributed by atoms with Crippen molar-refractivity contribution in [3.05, 3.63) is 64.1 Å². The minimum absolute atomic E-state index is 0.0219. The molecule has 1 aromatic rings. The molecule has 1 saturated heterocycles. The number of Topliss-reactive ketones (excluding diaryl/α,β-unsaturated/α-hetero) is 2. The molecule has 30 heavy (non-hydrogen) atoms. The second kappa shape index (κ2) is 9.57. The van der Waals surface area contributed by atoms with Crippen LogP contribution in [0.15, 0.2) is 53.0 Å². The molecule has 6 heteroatoms. The van der Waals surface area contributed by atoms with Crippen LogP contribution in [0.5, 0.6) is 0 Å². The van der Waals surface area contributed by atoms with Crippen LogP contribution in [0.3, 0.4) is 0 Å². The van der Waals surface area contributed by atoms with Gasteiger partial charge in [-0.25, -0.2) is 0 Å². The van der Waals surface area contributed by atoms with Crippen LogP contribution in [0.1, 0.15) is 37.3 Å². The van der Waals surface area contributed by atoms with E-state index in [1.807, 2.05) is 29.2 Å². The van der Waals surface area contributed by atoms with Crippen molar-refractivity contribution in [2.45, 2.75) is 32.6 Å². The number of ether oxygens (including phenoxy) is 2. The molecule has 0 unspecified atom stereocenters. The molecule has 0 bridgehead atoms. The third kappa shape index (κ3) is 4.53. The zero-order valence-corrected chi connectivity index (χ0v) is 17.7. The average Bonchev–Trinajstić information content (AvgIpc) is 2.78. The molecule has 0 atom stereocenters. The van der Waals surface area contributed by atoms with Crippen LogP contribution in [0.2, 0.25) is 0 Å². The van der Waals surface area contributed by atoms with Crippen molar-refractivity contribution in [2.75, 3.05) is 27.3 Å². The summed E-state index contributed by atoms with van der Waals surface area (Å²) < 4.78 is 10.2. The van der Waals surface area contributed by atoms with Crippen molar-refractivity contribution >= 4 is 23.5 Å². The van der Waals surface area contributed by atoms with E-state index >= 15 is 0 Å². The highest BCUT2D eigenvalue weighted by Gasteiger charge is 2.34. The van der Waals surface area contributed by atoms with Crippen LogP contribution >= 0.6 is 0 Å². The number of ketones is 2. The number of allylic oxidation sites excluding steroid dienone is 2. The van der Waals surface area contributed by atoms with Gasteiger partial charge in [0.05, 0.1) is 14.2 Å². The van der Waals surface area contributed by atoms with E-state index in [1.54, 1.807) is 19.1 Å². The number of carbonyl (C=O) groups is 3. The van der Waals surface area contributed by atoms with Gasteiger partial charge in [0.1, 0.15) is 0 Å². The maximum Gasteiger partial charge on any atom is 0.246 e. The Morgan fingerprint density at radius 2 is 1.70 bits per heavy atom. The summed E-state index contributed by atoms with van der Waals surface area (Å²) in [7, 11) is 2.70. The fraction of sp³-hybridized carbons (Fsp3) is 0.375. The first-order chi connectivity index (χ1) is 14.5. The molecular formula is C24H27NO5. The number of piperidine rings is 1. The number of hydrogen-bond donors (Lipinski definition) is 0. The highest BCUT2D eigenvalue weighted by molar-refractivity contribution is 6.23. The Kier molecular flexibility index (Phi) is 6.87. The number of benzene rings is 1. The van der Waals surface area contributed by atoms with Crippen molar-refractivity contribution in [1.29, 1.82) is 0 Å². The predicted octanol–water partition coefficient (Wildman–Crippen LogP) is 3.23. The summed E-state index contributed by atoms with van der Waals surface area (Å²) in [6.45, 7) is 3.25. The van der Waals surface area contributed by atoms with Crippen molar-refractivity contribution in [3.8, 4) is 0 Å². The highest BCUT2D eigenvalue weighted by atomic mass is 16.5. The standard InChI is InChI=1S/C24H27NO5/c1-16-19(22(28)24(30-3)23(29-2)21(16)27)15-18-9-7-8-17(14-18)10-11-20(26)25-12-5-4-6-13-25/h7-11,14H,4-6,12-13,15H2,1-3H3/b11-10+. The second-order valence-electron chi connectivity index (χ2n) is 7.47. The summed E-state index contributed by atoms with van der Waals surface area (Å²) in [5, 5.41) is 0. The van der Waals surface area contributed by atoms with Gasteiger partial charge in [0.15, 0.2) is 0 Å². The number of amides is 1. The Bertz CT molecular complexity index is 948. The van der Waals surface area contributed by atoms with Crippen LogP contribution < -0.4 is 0 Å². The number of rotatable bonds is 6. The summed E-state index contributed by atoms with van der Waals surface area (Å²) in [6, 6.07) is 7.59. The molecule has 3 rings (SSSR count). The third-order valence-electron chi connectivity index (χ3n) is 5.51. The lowest BCUT2D eigenvalue weighted by Crippen LogP contribution is -2.34.